The second kappa shape index (κ2) is 24.2. The second-order valence-corrected chi connectivity index (χ2v) is 12.4. The Kier molecular flexibility index (Phi) is 22.1. The Morgan fingerprint density at radius 2 is 0.956 bits per heavy atom. The number of hydrogen-bond acceptors (Lipinski definition) is 14. The fraction of sp³-hybridized carbons (Fsp3) is 0.767. The summed E-state index contributed by atoms with van der Waals surface area (Å²) in [5.74, 6) is -1.28. The van der Waals surface area contributed by atoms with Gasteiger partial charge < -0.3 is 0 Å². The standard InChI is InChI=1S/C30H53O14P/c1-25(2)27(31)38-21-18-35-12-6-9-15-42-45(34,43-16-10-7-13-36-19-22-39-28(32)26(3)4)44-17-11-8-14-37-20-23-40-29(33)30(5)24-41-30/h34,45H,1,3,6-24H2,2,4-5H3. The van der Waals surface area contributed by atoms with Gasteiger partial charge in [0.1, 0.15) is 0 Å². The molecule has 14 nitrogen and oxygen atoms in total. The molecule has 0 aromatic rings. The Hall–Kier alpha value is -2.00. The first-order valence-electron chi connectivity index (χ1n) is 15.3. The molecule has 1 fully saturated rings. The van der Waals surface area contributed by atoms with Gasteiger partial charge in [0, 0.05) is 0 Å². The zero-order valence-corrected chi connectivity index (χ0v) is 28.1. The summed E-state index contributed by atoms with van der Waals surface area (Å²) in [6.07, 6.45) is 3.79. The Bertz CT molecular complexity index is 848. The molecule has 1 unspecified atom stereocenters. The monoisotopic (exact) mass is 668 g/mol. The van der Waals surface area contributed by atoms with Crippen LogP contribution in [0.4, 0.5) is 0 Å². The van der Waals surface area contributed by atoms with E-state index < -0.39 is 25.7 Å². The van der Waals surface area contributed by atoms with Gasteiger partial charge in [-0.3, -0.25) is 0 Å². The quantitative estimate of drug-likeness (QED) is 0.0295. The van der Waals surface area contributed by atoms with E-state index in [1.54, 1.807) is 20.8 Å². The molecule has 0 aromatic heterocycles. The molecule has 0 amide bonds. The minimum absolute atomic E-state index is 0.150. The van der Waals surface area contributed by atoms with E-state index in [2.05, 4.69) is 13.2 Å². The molecular formula is C30H53O14P. The van der Waals surface area contributed by atoms with Gasteiger partial charge in [-0.15, -0.1) is 0 Å². The summed E-state index contributed by atoms with van der Waals surface area (Å²) < 4.78 is 53.4. The third kappa shape index (κ3) is 21.4. The third-order valence-corrected chi connectivity index (χ3v) is 7.70. The fourth-order valence-corrected chi connectivity index (χ4v) is 4.62. The number of unbranched alkanes of at least 4 members (excludes halogenated alkanes) is 3. The van der Waals surface area contributed by atoms with Crippen molar-refractivity contribution in [1.29, 1.82) is 0 Å². The van der Waals surface area contributed by atoms with E-state index in [1.165, 1.54) is 0 Å². The van der Waals surface area contributed by atoms with Crippen molar-refractivity contribution in [2.75, 3.05) is 85.9 Å². The molecule has 1 rings (SSSR count). The predicted molar refractivity (Wildman–Crippen MR) is 165 cm³/mol. The molecule has 0 spiro atoms. The van der Waals surface area contributed by atoms with Crippen LogP contribution in [0.25, 0.3) is 0 Å². The molecule has 0 saturated carbocycles. The van der Waals surface area contributed by atoms with E-state index in [1.807, 2.05) is 0 Å². The molecule has 0 aromatic carbocycles. The van der Waals surface area contributed by atoms with Gasteiger partial charge in [0.05, 0.1) is 0 Å². The van der Waals surface area contributed by atoms with Gasteiger partial charge >= 0.3 is 267 Å². The minimum atomic E-state index is -3.89. The van der Waals surface area contributed by atoms with E-state index >= 15 is 0 Å². The molecule has 1 heterocycles. The van der Waals surface area contributed by atoms with Gasteiger partial charge in [0.25, 0.3) is 0 Å². The van der Waals surface area contributed by atoms with Crippen LogP contribution in [0.3, 0.4) is 0 Å². The van der Waals surface area contributed by atoms with Crippen LogP contribution in [-0.2, 0) is 61.1 Å². The van der Waals surface area contributed by atoms with Gasteiger partial charge in [-0.05, 0) is 0 Å². The normalized spacial score (nSPS) is 16.2. The second-order valence-electron chi connectivity index (χ2n) is 10.5. The summed E-state index contributed by atoms with van der Waals surface area (Å²) in [4.78, 5) is 45.3. The van der Waals surface area contributed by atoms with Crippen molar-refractivity contribution >= 4 is 26.1 Å². The van der Waals surface area contributed by atoms with Crippen LogP contribution in [0.1, 0.15) is 59.3 Å². The zero-order chi connectivity index (χ0) is 33.4. The van der Waals surface area contributed by atoms with Gasteiger partial charge in [-0.1, -0.05) is 0 Å². The van der Waals surface area contributed by atoms with Crippen molar-refractivity contribution in [2.24, 2.45) is 0 Å². The summed E-state index contributed by atoms with van der Waals surface area (Å²) in [6, 6.07) is 0. The molecule has 0 radical (unpaired) electrons. The van der Waals surface area contributed by atoms with E-state index in [9.17, 15) is 19.3 Å². The predicted octanol–water partition coefficient (Wildman–Crippen LogP) is 3.40. The maximum atomic E-state index is 11.7. The first-order chi connectivity index (χ1) is 21.5. The van der Waals surface area contributed by atoms with E-state index in [0.29, 0.717) is 76.1 Å². The van der Waals surface area contributed by atoms with Gasteiger partial charge in [-0.2, -0.15) is 0 Å². The van der Waals surface area contributed by atoms with Crippen molar-refractivity contribution in [1.82, 2.24) is 0 Å². The number of carbonyl (C=O) groups excluding carboxylic acids is 3. The van der Waals surface area contributed by atoms with Crippen molar-refractivity contribution in [2.45, 2.75) is 64.9 Å². The van der Waals surface area contributed by atoms with Crippen molar-refractivity contribution in [3.05, 3.63) is 24.3 Å². The fourth-order valence-electron chi connectivity index (χ4n) is 3.16. The summed E-state index contributed by atoms with van der Waals surface area (Å²) in [5, 5.41) is 0. The maximum absolute atomic E-state index is 11.7. The molecule has 262 valence electrons. The molecule has 0 bridgehead atoms. The van der Waals surface area contributed by atoms with Crippen LogP contribution >= 0.6 is 8.17 Å². The summed E-state index contributed by atoms with van der Waals surface area (Å²) in [5.41, 5.74) is -0.125. The molecule has 15 heteroatoms. The number of rotatable bonds is 30. The molecule has 1 N–H and O–H groups in total. The number of esters is 3. The van der Waals surface area contributed by atoms with Crippen LogP contribution in [0, 0.1) is 0 Å². The Morgan fingerprint density at radius 1 is 0.622 bits per heavy atom. The van der Waals surface area contributed by atoms with Gasteiger partial charge in [0.2, 0.25) is 0 Å². The molecule has 1 saturated heterocycles. The zero-order valence-electron chi connectivity index (χ0n) is 27.1. The van der Waals surface area contributed by atoms with E-state index in [-0.39, 0.29) is 65.4 Å². The number of hydrogen-bond donors (Lipinski definition) is 1. The van der Waals surface area contributed by atoms with Gasteiger partial charge in [-0.25, -0.2) is 0 Å². The molecule has 45 heavy (non-hydrogen) atoms. The molecule has 1 aliphatic heterocycles. The number of epoxide rings is 1. The van der Waals surface area contributed by atoms with Gasteiger partial charge in [0.15, 0.2) is 0 Å². The van der Waals surface area contributed by atoms with Crippen LogP contribution < -0.4 is 0 Å². The Labute approximate surface area is 267 Å². The SMILES string of the molecule is C=C(C)C(=O)OCCOCCCCO[PH](O)(OCCCCOCCOC(=O)C(=C)C)OCCCCOCCOC(=O)C1(C)CO1. The average Bonchev–Trinajstić information content (AvgIpc) is 3.76. The van der Waals surface area contributed by atoms with E-state index in [0.717, 1.165) is 0 Å². The van der Waals surface area contributed by atoms with Crippen LogP contribution in [0.15, 0.2) is 24.3 Å². The number of ether oxygens (including phenoxy) is 7. The summed E-state index contributed by atoms with van der Waals surface area (Å²) in [6.45, 7) is 15.5. The van der Waals surface area contributed by atoms with Crippen LogP contribution in [-0.4, -0.2) is 114 Å². The van der Waals surface area contributed by atoms with E-state index in [4.69, 9.17) is 46.7 Å². The average molecular weight is 669 g/mol. The van der Waals surface area contributed by atoms with Crippen molar-refractivity contribution in [3.63, 3.8) is 0 Å². The first kappa shape index (κ1) is 41.0. The topological polar surface area (TPSA) is 167 Å². The molecule has 1 atom stereocenters. The Balaban J connectivity index is 2.23. The summed E-state index contributed by atoms with van der Waals surface area (Å²) in [7, 11) is -3.89. The van der Waals surface area contributed by atoms with Crippen molar-refractivity contribution < 1.29 is 66.0 Å². The van der Waals surface area contributed by atoms with Crippen LogP contribution in [0.2, 0.25) is 0 Å². The molecule has 0 aliphatic carbocycles. The molecule has 1 aliphatic rings. The summed E-state index contributed by atoms with van der Waals surface area (Å²) >= 11 is 0. The first-order valence-corrected chi connectivity index (χ1v) is 17.0. The third-order valence-electron chi connectivity index (χ3n) is 5.99. The molecular weight excluding hydrogens is 615 g/mol. The van der Waals surface area contributed by atoms with Crippen LogP contribution in [0.5, 0.6) is 0 Å². The Morgan fingerprint density at radius 3 is 1.29 bits per heavy atom. The van der Waals surface area contributed by atoms with Crippen molar-refractivity contribution in [3.8, 4) is 0 Å². The number of carbonyl (C=O) groups is 3.